The second kappa shape index (κ2) is 9.55. The normalized spacial score (nSPS) is 18.1. The largest absolute Gasteiger partial charge is 0.325 e. The average molecular weight is 333 g/mol. The minimum atomic E-state index is 0. The van der Waals surface area contributed by atoms with Crippen molar-refractivity contribution >= 4 is 47.5 Å². The number of rotatable bonds is 5. The molecule has 6 heteroatoms. The highest BCUT2D eigenvalue weighted by atomic mass is 35.5. The van der Waals surface area contributed by atoms with Crippen LogP contribution in [0.15, 0.2) is 24.3 Å². The first kappa shape index (κ1) is 17.7. The maximum Gasteiger partial charge on any atom is 0.238 e. The summed E-state index contributed by atoms with van der Waals surface area (Å²) in [5.74, 6) is 3.29. The molecule has 1 aliphatic rings. The summed E-state index contributed by atoms with van der Waals surface area (Å²) in [6, 6.07) is 8.01. The van der Waals surface area contributed by atoms with E-state index < -0.39 is 0 Å². The van der Waals surface area contributed by atoms with Crippen molar-refractivity contribution in [2.24, 2.45) is 0 Å². The molecule has 20 heavy (non-hydrogen) atoms. The molecule has 1 unspecified atom stereocenters. The molecule has 112 valence electrons. The number of amides is 1. The summed E-state index contributed by atoms with van der Waals surface area (Å²) < 4.78 is 0. The highest BCUT2D eigenvalue weighted by Gasteiger charge is 2.22. The molecule has 1 aliphatic heterocycles. The van der Waals surface area contributed by atoms with Crippen LogP contribution in [0, 0.1) is 0 Å². The van der Waals surface area contributed by atoms with Gasteiger partial charge in [-0.3, -0.25) is 4.79 Å². The van der Waals surface area contributed by atoms with E-state index in [0.29, 0.717) is 0 Å². The summed E-state index contributed by atoms with van der Waals surface area (Å²) in [5.41, 5.74) is 2.08. The third kappa shape index (κ3) is 5.20. The third-order valence-electron chi connectivity index (χ3n) is 2.95. The standard InChI is InChI=1S/C14H20N2OS2.ClH/c1-2-15-9-11-5-3-4-6-12(11)16-14(17)13-10-18-7-8-19-13;/h3-6,13,15H,2,7-10H2,1H3,(H,16,17);1H. The van der Waals surface area contributed by atoms with Gasteiger partial charge >= 0.3 is 0 Å². The van der Waals surface area contributed by atoms with Gasteiger partial charge in [-0.15, -0.1) is 24.2 Å². The summed E-state index contributed by atoms with van der Waals surface area (Å²) in [4.78, 5) is 12.2. The smallest absolute Gasteiger partial charge is 0.238 e. The molecule has 1 saturated heterocycles. The fraction of sp³-hybridized carbons (Fsp3) is 0.500. The topological polar surface area (TPSA) is 41.1 Å². The van der Waals surface area contributed by atoms with E-state index in [9.17, 15) is 4.79 Å². The highest BCUT2D eigenvalue weighted by Crippen LogP contribution is 2.25. The molecule has 1 aromatic carbocycles. The molecule has 2 N–H and O–H groups in total. The van der Waals surface area contributed by atoms with Gasteiger partial charge in [0.2, 0.25) is 5.91 Å². The molecule has 1 atom stereocenters. The molecule has 1 aromatic rings. The molecule has 1 heterocycles. The van der Waals surface area contributed by atoms with Gasteiger partial charge in [0.25, 0.3) is 0 Å². The van der Waals surface area contributed by atoms with Crippen molar-refractivity contribution in [3.05, 3.63) is 29.8 Å². The summed E-state index contributed by atoms with van der Waals surface area (Å²) in [5, 5.41) is 6.46. The number of carbonyl (C=O) groups excluding carboxylic acids is 1. The average Bonchev–Trinajstić information content (AvgIpc) is 2.47. The molecule has 3 nitrogen and oxygen atoms in total. The van der Waals surface area contributed by atoms with Crippen LogP contribution in [-0.2, 0) is 11.3 Å². The number of thioether (sulfide) groups is 2. The van der Waals surface area contributed by atoms with Gasteiger partial charge in [0.05, 0.1) is 5.25 Å². The lowest BCUT2D eigenvalue weighted by Gasteiger charge is -2.21. The van der Waals surface area contributed by atoms with E-state index in [1.165, 1.54) is 0 Å². The van der Waals surface area contributed by atoms with Crippen molar-refractivity contribution in [1.29, 1.82) is 0 Å². The van der Waals surface area contributed by atoms with E-state index >= 15 is 0 Å². The van der Waals surface area contributed by atoms with E-state index in [2.05, 4.69) is 23.6 Å². The highest BCUT2D eigenvalue weighted by molar-refractivity contribution is 8.07. The zero-order valence-corrected chi connectivity index (χ0v) is 14.0. The third-order valence-corrected chi connectivity index (χ3v) is 5.70. The quantitative estimate of drug-likeness (QED) is 0.869. The number of halogens is 1. The molecule has 1 fully saturated rings. The Kier molecular flexibility index (Phi) is 8.45. The monoisotopic (exact) mass is 332 g/mol. The maximum atomic E-state index is 12.2. The van der Waals surface area contributed by atoms with Gasteiger partial charge in [0.1, 0.15) is 0 Å². The van der Waals surface area contributed by atoms with E-state index in [1.807, 2.05) is 30.0 Å². The Balaban J connectivity index is 0.00000200. The molecule has 0 bridgehead atoms. The zero-order valence-electron chi connectivity index (χ0n) is 11.6. The number of anilines is 1. The van der Waals surface area contributed by atoms with Crippen molar-refractivity contribution < 1.29 is 4.79 Å². The number of carbonyl (C=O) groups is 1. The van der Waals surface area contributed by atoms with Crippen molar-refractivity contribution in [3.63, 3.8) is 0 Å². The van der Waals surface area contributed by atoms with Gasteiger partial charge in [-0.2, -0.15) is 11.8 Å². The lowest BCUT2D eigenvalue weighted by molar-refractivity contribution is -0.115. The van der Waals surface area contributed by atoms with Gasteiger partial charge in [0, 0.05) is 29.5 Å². The summed E-state index contributed by atoms with van der Waals surface area (Å²) in [7, 11) is 0. The van der Waals surface area contributed by atoms with Crippen LogP contribution in [-0.4, -0.2) is 35.0 Å². The van der Waals surface area contributed by atoms with E-state index in [1.54, 1.807) is 11.8 Å². The second-order valence-corrected chi connectivity index (χ2v) is 6.82. The van der Waals surface area contributed by atoms with Crippen molar-refractivity contribution in [1.82, 2.24) is 5.32 Å². The van der Waals surface area contributed by atoms with Crippen molar-refractivity contribution in [3.8, 4) is 0 Å². The Morgan fingerprint density at radius 2 is 2.15 bits per heavy atom. The molecular formula is C14H21ClN2OS2. The van der Waals surface area contributed by atoms with Crippen LogP contribution in [0.25, 0.3) is 0 Å². The fourth-order valence-electron chi connectivity index (χ4n) is 1.91. The Morgan fingerprint density at radius 1 is 1.35 bits per heavy atom. The van der Waals surface area contributed by atoms with Crippen molar-refractivity contribution in [2.45, 2.75) is 18.7 Å². The first-order valence-corrected chi connectivity index (χ1v) is 8.80. The van der Waals surface area contributed by atoms with Crippen LogP contribution >= 0.6 is 35.9 Å². The summed E-state index contributed by atoms with van der Waals surface area (Å²) >= 11 is 3.63. The maximum absolute atomic E-state index is 12.2. The van der Waals surface area contributed by atoms with Crippen molar-refractivity contribution in [2.75, 3.05) is 29.1 Å². The van der Waals surface area contributed by atoms with Crippen LogP contribution < -0.4 is 10.6 Å². The first-order valence-electron chi connectivity index (χ1n) is 6.60. The SMILES string of the molecule is CCNCc1ccccc1NC(=O)C1CSCCS1.Cl. The minimum absolute atomic E-state index is 0. The Labute approximate surface area is 135 Å². The predicted molar refractivity (Wildman–Crippen MR) is 93.3 cm³/mol. The minimum Gasteiger partial charge on any atom is -0.325 e. The van der Waals surface area contributed by atoms with E-state index in [4.69, 9.17) is 0 Å². The number of hydrogen-bond acceptors (Lipinski definition) is 4. The molecule has 0 saturated carbocycles. The van der Waals surface area contributed by atoms with Crippen LogP contribution in [0.5, 0.6) is 0 Å². The number of para-hydroxylation sites is 1. The Bertz CT molecular complexity index is 425. The first-order chi connectivity index (χ1) is 9.31. The van der Waals surface area contributed by atoms with Gasteiger partial charge in [0.15, 0.2) is 0 Å². The molecule has 1 amide bonds. The van der Waals surface area contributed by atoms with Gasteiger partial charge < -0.3 is 10.6 Å². The van der Waals surface area contributed by atoms with Crippen LogP contribution in [0.1, 0.15) is 12.5 Å². The van der Waals surface area contributed by atoms with Gasteiger partial charge in [-0.05, 0) is 18.2 Å². The number of nitrogens with one attached hydrogen (secondary N) is 2. The molecule has 2 rings (SSSR count). The number of hydrogen-bond donors (Lipinski definition) is 2. The molecule has 0 spiro atoms. The van der Waals surface area contributed by atoms with Crippen LogP contribution in [0.4, 0.5) is 5.69 Å². The van der Waals surface area contributed by atoms with Gasteiger partial charge in [-0.25, -0.2) is 0 Å². The Morgan fingerprint density at radius 3 is 2.85 bits per heavy atom. The summed E-state index contributed by atoms with van der Waals surface area (Å²) in [6.07, 6.45) is 0. The van der Waals surface area contributed by atoms with Crippen LogP contribution in [0.3, 0.4) is 0 Å². The molecule has 0 aromatic heterocycles. The lowest BCUT2D eigenvalue weighted by Crippen LogP contribution is -2.30. The Hall–Kier alpha value is -0.360. The van der Waals surface area contributed by atoms with E-state index in [0.717, 1.165) is 41.6 Å². The molecule has 0 radical (unpaired) electrons. The van der Waals surface area contributed by atoms with Gasteiger partial charge in [-0.1, -0.05) is 25.1 Å². The summed E-state index contributed by atoms with van der Waals surface area (Å²) in [6.45, 7) is 3.80. The van der Waals surface area contributed by atoms with Crippen LogP contribution in [0.2, 0.25) is 0 Å². The fourth-order valence-corrected chi connectivity index (χ4v) is 4.47. The lowest BCUT2D eigenvalue weighted by atomic mass is 10.1. The molecular weight excluding hydrogens is 312 g/mol. The predicted octanol–water partition coefficient (Wildman–Crippen LogP) is 3.01. The number of benzene rings is 1. The zero-order chi connectivity index (χ0) is 13.5. The second-order valence-electron chi connectivity index (χ2n) is 4.36. The van der Waals surface area contributed by atoms with E-state index in [-0.39, 0.29) is 23.6 Å². The molecule has 0 aliphatic carbocycles.